The molecule has 0 saturated carbocycles. The topological polar surface area (TPSA) is 44.5 Å². The number of rotatable bonds is 4. The molecule has 1 unspecified atom stereocenters. The van der Waals surface area contributed by atoms with Crippen molar-refractivity contribution in [2.24, 2.45) is 5.73 Å². The summed E-state index contributed by atoms with van der Waals surface area (Å²) >= 11 is 0. The minimum absolute atomic E-state index is 0.343. The van der Waals surface area contributed by atoms with E-state index >= 15 is 0 Å². The number of ether oxygens (including phenoxy) is 2. The van der Waals surface area contributed by atoms with E-state index < -0.39 is 0 Å². The average molecular weight is 207 g/mol. The number of fused-ring (bicyclic) bond motifs is 1. The van der Waals surface area contributed by atoms with Gasteiger partial charge in [-0.15, -0.1) is 0 Å². The largest absolute Gasteiger partial charge is 0.454 e. The standard InChI is InChI=1S/C12H17NO2/c1-9(3-2-6-13)10-4-5-11-12(7-10)15-8-14-11/h4-5,7,9H,2-3,6,8,13H2,1H3. The van der Waals surface area contributed by atoms with Crippen LogP contribution in [-0.2, 0) is 0 Å². The zero-order chi connectivity index (χ0) is 10.7. The molecule has 1 aromatic carbocycles. The van der Waals surface area contributed by atoms with Gasteiger partial charge in [-0.05, 0) is 43.0 Å². The molecule has 2 rings (SSSR count). The van der Waals surface area contributed by atoms with Crippen LogP contribution in [0, 0.1) is 0 Å². The average Bonchev–Trinajstić information content (AvgIpc) is 2.72. The van der Waals surface area contributed by atoms with E-state index in [1.807, 2.05) is 6.07 Å². The number of nitrogens with two attached hydrogens (primary N) is 1. The van der Waals surface area contributed by atoms with Crippen LogP contribution < -0.4 is 15.2 Å². The number of hydrogen-bond acceptors (Lipinski definition) is 3. The third-order valence-corrected chi connectivity index (χ3v) is 2.81. The molecule has 0 saturated heterocycles. The van der Waals surface area contributed by atoms with Gasteiger partial charge in [0, 0.05) is 0 Å². The first-order valence-corrected chi connectivity index (χ1v) is 5.41. The van der Waals surface area contributed by atoms with Gasteiger partial charge < -0.3 is 15.2 Å². The monoisotopic (exact) mass is 207 g/mol. The normalized spacial score (nSPS) is 15.3. The smallest absolute Gasteiger partial charge is 0.231 e. The Kier molecular flexibility index (Phi) is 3.11. The van der Waals surface area contributed by atoms with Crippen LogP contribution in [0.25, 0.3) is 0 Å². The Morgan fingerprint density at radius 1 is 1.33 bits per heavy atom. The van der Waals surface area contributed by atoms with E-state index in [-0.39, 0.29) is 0 Å². The third-order valence-electron chi connectivity index (χ3n) is 2.81. The lowest BCUT2D eigenvalue weighted by molar-refractivity contribution is 0.174. The van der Waals surface area contributed by atoms with Crippen LogP contribution in [0.4, 0.5) is 0 Å². The summed E-state index contributed by atoms with van der Waals surface area (Å²) < 4.78 is 10.6. The fraction of sp³-hybridized carbons (Fsp3) is 0.500. The van der Waals surface area contributed by atoms with Gasteiger partial charge >= 0.3 is 0 Å². The second-order valence-corrected chi connectivity index (χ2v) is 3.94. The summed E-state index contributed by atoms with van der Waals surface area (Å²) in [5.74, 6) is 2.25. The van der Waals surface area contributed by atoms with Crippen LogP contribution in [0.3, 0.4) is 0 Å². The Hall–Kier alpha value is -1.22. The highest BCUT2D eigenvalue weighted by Gasteiger charge is 2.15. The molecule has 0 spiro atoms. The van der Waals surface area contributed by atoms with Crippen molar-refractivity contribution in [1.82, 2.24) is 0 Å². The van der Waals surface area contributed by atoms with Gasteiger partial charge in [-0.1, -0.05) is 13.0 Å². The van der Waals surface area contributed by atoms with Gasteiger partial charge in [0.25, 0.3) is 0 Å². The van der Waals surface area contributed by atoms with E-state index in [0.29, 0.717) is 12.7 Å². The van der Waals surface area contributed by atoms with Crippen LogP contribution in [0.2, 0.25) is 0 Å². The van der Waals surface area contributed by atoms with Crippen molar-refractivity contribution >= 4 is 0 Å². The van der Waals surface area contributed by atoms with Crippen LogP contribution >= 0.6 is 0 Å². The molecule has 0 aromatic heterocycles. The van der Waals surface area contributed by atoms with Crippen LogP contribution in [0.1, 0.15) is 31.2 Å². The molecule has 0 fully saturated rings. The summed E-state index contributed by atoms with van der Waals surface area (Å²) in [5.41, 5.74) is 6.80. The van der Waals surface area contributed by atoms with Gasteiger partial charge in [0.05, 0.1) is 0 Å². The Morgan fingerprint density at radius 3 is 2.93 bits per heavy atom. The molecule has 0 amide bonds. The van der Waals surface area contributed by atoms with E-state index in [4.69, 9.17) is 15.2 Å². The van der Waals surface area contributed by atoms with Crippen molar-refractivity contribution in [2.45, 2.75) is 25.7 Å². The van der Waals surface area contributed by atoms with Crippen LogP contribution in [0.15, 0.2) is 18.2 Å². The summed E-state index contributed by atoms with van der Waals surface area (Å²) in [5, 5.41) is 0. The van der Waals surface area contributed by atoms with Gasteiger partial charge in [-0.25, -0.2) is 0 Å². The van der Waals surface area contributed by atoms with Gasteiger partial charge in [0.1, 0.15) is 0 Å². The van der Waals surface area contributed by atoms with Crippen molar-refractivity contribution in [3.05, 3.63) is 23.8 Å². The zero-order valence-corrected chi connectivity index (χ0v) is 9.03. The molecule has 0 radical (unpaired) electrons. The van der Waals surface area contributed by atoms with Crippen molar-refractivity contribution in [2.75, 3.05) is 13.3 Å². The number of benzene rings is 1. The van der Waals surface area contributed by atoms with Crippen molar-refractivity contribution < 1.29 is 9.47 Å². The van der Waals surface area contributed by atoms with E-state index in [9.17, 15) is 0 Å². The lowest BCUT2D eigenvalue weighted by Crippen LogP contribution is -2.01. The third kappa shape index (κ3) is 2.23. The molecule has 15 heavy (non-hydrogen) atoms. The molecule has 0 aliphatic carbocycles. The van der Waals surface area contributed by atoms with E-state index in [0.717, 1.165) is 30.9 Å². The molecule has 1 aliphatic rings. The molecule has 82 valence electrons. The quantitative estimate of drug-likeness (QED) is 0.823. The summed E-state index contributed by atoms with van der Waals surface area (Å²) in [6.07, 6.45) is 2.19. The molecule has 1 aromatic rings. The first-order chi connectivity index (χ1) is 7.31. The fourth-order valence-electron chi connectivity index (χ4n) is 1.81. The van der Waals surface area contributed by atoms with E-state index in [1.54, 1.807) is 0 Å². The van der Waals surface area contributed by atoms with Gasteiger partial charge in [0.15, 0.2) is 11.5 Å². The summed E-state index contributed by atoms with van der Waals surface area (Å²) in [6.45, 7) is 3.32. The first kappa shape index (κ1) is 10.3. The van der Waals surface area contributed by atoms with Crippen LogP contribution in [0.5, 0.6) is 11.5 Å². The first-order valence-electron chi connectivity index (χ1n) is 5.41. The van der Waals surface area contributed by atoms with Gasteiger partial charge in [-0.2, -0.15) is 0 Å². The Morgan fingerprint density at radius 2 is 2.13 bits per heavy atom. The van der Waals surface area contributed by atoms with E-state index in [2.05, 4.69) is 19.1 Å². The Balaban J connectivity index is 2.08. The molecule has 1 atom stereocenters. The molecular weight excluding hydrogens is 190 g/mol. The molecular formula is C12H17NO2. The maximum absolute atomic E-state index is 5.50. The Bertz CT molecular complexity index is 338. The zero-order valence-electron chi connectivity index (χ0n) is 9.03. The van der Waals surface area contributed by atoms with Crippen molar-refractivity contribution in [3.63, 3.8) is 0 Å². The molecule has 3 nitrogen and oxygen atoms in total. The van der Waals surface area contributed by atoms with Gasteiger partial charge in [0.2, 0.25) is 6.79 Å². The lowest BCUT2D eigenvalue weighted by atomic mass is 9.96. The highest BCUT2D eigenvalue weighted by Crippen LogP contribution is 2.35. The summed E-state index contributed by atoms with van der Waals surface area (Å²) in [7, 11) is 0. The SMILES string of the molecule is CC(CCCN)c1ccc2c(c1)OCO2. The van der Waals surface area contributed by atoms with Crippen molar-refractivity contribution in [3.8, 4) is 11.5 Å². The summed E-state index contributed by atoms with van der Waals surface area (Å²) in [6, 6.07) is 6.16. The number of hydrogen-bond donors (Lipinski definition) is 1. The Labute approximate surface area is 90.2 Å². The van der Waals surface area contributed by atoms with Crippen LogP contribution in [-0.4, -0.2) is 13.3 Å². The van der Waals surface area contributed by atoms with E-state index in [1.165, 1.54) is 5.56 Å². The minimum Gasteiger partial charge on any atom is -0.454 e. The molecule has 1 heterocycles. The van der Waals surface area contributed by atoms with Gasteiger partial charge in [-0.3, -0.25) is 0 Å². The fourth-order valence-corrected chi connectivity index (χ4v) is 1.81. The lowest BCUT2D eigenvalue weighted by Gasteiger charge is -2.11. The second kappa shape index (κ2) is 4.53. The predicted molar refractivity (Wildman–Crippen MR) is 59.3 cm³/mol. The highest BCUT2D eigenvalue weighted by molar-refractivity contribution is 5.45. The minimum atomic E-state index is 0.343. The van der Waals surface area contributed by atoms with Crippen molar-refractivity contribution in [1.29, 1.82) is 0 Å². The predicted octanol–water partition coefficient (Wildman–Crippen LogP) is 2.26. The molecule has 3 heteroatoms. The maximum atomic E-state index is 5.50. The molecule has 1 aliphatic heterocycles. The molecule has 0 bridgehead atoms. The second-order valence-electron chi connectivity index (χ2n) is 3.94. The molecule has 2 N–H and O–H groups in total. The summed E-state index contributed by atoms with van der Waals surface area (Å²) in [4.78, 5) is 0. The highest BCUT2D eigenvalue weighted by atomic mass is 16.7. The maximum Gasteiger partial charge on any atom is 0.231 e.